The Kier molecular flexibility index (Phi) is 5.79. The van der Waals surface area contributed by atoms with Gasteiger partial charge in [-0.15, -0.1) is 0 Å². The molecule has 2 heterocycles. The number of hydrogen-bond acceptors (Lipinski definition) is 6. The Balaban J connectivity index is 2.24. The van der Waals surface area contributed by atoms with E-state index < -0.39 is 43.6 Å². The number of H-pyrrole nitrogens is 1. The molecule has 0 amide bonds. The van der Waals surface area contributed by atoms with Crippen molar-refractivity contribution in [1.82, 2.24) is 9.55 Å². The molecule has 0 aliphatic carbocycles. The van der Waals surface area contributed by atoms with E-state index in [1.807, 2.05) is 13.8 Å². The summed E-state index contributed by atoms with van der Waals surface area (Å²) in [5.74, 6) is 0. The zero-order valence-electron chi connectivity index (χ0n) is 13.5. The number of aromatic nitrogens is 2. The smallest absolute Gasteiger partial charge is 0.373 e. The van der Waals surface area contributed by atoms with Gasteiger partial charge in [-0.3, -0.25) is 18.9 Å². The summed E-state index contributed by atoms with van der Waals surface area (Å²) in [5.41, 5.74) is -1.17. The molecule has 1 fully saturated rings. The highest BCUT2D eigenvalue weighted by Crippen LogP contribution is 2.41. The third-order valence-corrected chi connectivity index (χ3v) is 4.10. The fourth-order valence-electron chi connectivity index (χ4n) is 2.66. The number of ether oxygens (including phenoxy) is 2. The van der Waals surface area contributed by atoms with Crippen LogP contribution < -0.4 is 11.2 Å². The molecular formula is C13H21N2O8P. The molecule has 3 N–H and O–H groups in total. The molecule has 0 bridgehead atoms. The first-order valence-corrected chi connectivity index (χ1v) is 8.96. The van der Waals surface area contributed by atoms with Gasteiger partial charge in [0.2, 0.25) is 0 Å². The largest absolute Gasteiger partial charge is 0.469 e. The van der Waals surface area contributed by atoms with Crippen LogP contribution in [0.2, 0.25) is 0 Å². The molecule has 0 saturated carbocycles. The van der Waals surface area contributed by atoms with Gasteiger partial charge in [0.15, 0.2) is 0 Å². The van der Waals surface area contributed by atoms with Crippen LogP contribution in [0.3, 0.4) is 0 Å². The standard InChI is InChI=1S/C13H21N2O8P/c1-7(2)21-9-6-11(15-5-4-10(16)14-13(15)17)22-12(9)8(3)23-24(18,19)20/h4-5,7-9,11-12H,6H2,1-3H3,(H,14,16,17)(H2,18,19,20). The lowest BCUT2D eigenvalue weighted by molar-refractivity contribution is -0.0984. The summed E-state index contributed by atoms with van der Waals surface area (Å²) in [5, 5.41) is 0. The summed E-state index contributed by atoms with van der Waals surface area (Å²) < 4.78 is 28.4. The van der Waals surface area contributed by atoms with Gasteiger partial charge in [0, 0.05) is 18.7 Å². The van der Waals surface area contributed by atoms with Crippen LogP contribution >= 0.6 is 7.82 Å². The van der Waals surface area contributed by atoms with Gasteiger partial charge in [0.05, 0.1) is 18.3 Å². The maximum absolute atomic E-state index is 11.9. The average molecular weight is 364 g/mol. The molecule has 11 heteroatoms. The van der Waals surface area contributed by atoms with Crippen LogP contribution in [0.1, 0.15) is 33.4 Å². The first-order valence-electron chi connectivity index (χ1n) is 7.43. The monoisotopic (exact) mass is 364 g/mol. The van der Waals surface area contributed by atoms with E-state index in [1.54, 1.807) is 0 Å². The molecular weight excluding hydrogens is 343 g/mol. The van der Waals surface area contributed by atoms with Crippen molar-refractivity contribution >= 4 is 7.82 Å². The van der Waals surface area contributed by atoms with Crippen molar-refractivity contribution in [3.05, 3.63) is 33.1 Å². The van der Waals surface area contributed by atoms with Gasteiger partial charge in [-0.05, 0) is 20.8 Å². The van der Waals surface area contributed by atoms with E-state index >= 15 is 0 Å². The molecule has 1 aliphatic heterocycles. The molecule has 0 aromatic carbocycles. The zero-order valence-corrected chi connectivity index (χ0v) is 14.4. The number of phosphoric ester groups is 1. The maximum atomic E-state index is 11.9. The maximum Gasteiger partial charge on any atom is 0.469 e. The van der Waals surface area contributed by atoms with Crippen molar-refractivity contribution in [3.8, 4) is 0 Å². The quantitative estimate of drug-likeness (QED) is 0.605. The molecule has 1 aliphatic rings. The van der Waals surface area contributed by atoms with Gasteiger partial charge in [0.1, 0.15) is 12.3 Å². The Morgan fingerprint density at radius 1 is 1.38 bits per heavy atom. The van der Waals surface area contributed by atoms with Crippen molar-refractivity contribution in [3.63, 3.8) is 0 Å². The lowest BCUT2D eigenvalue weighted by Crippen LogP contribution is -2.37. The fourth-order valence-corrected chi connectivity index (χ4v) is 3.22. The van der Waals surface area contributed by atoms with Gasteiger partial charge >= 0.3 is 13.5 Å². The summed E-state index contributed by atoms with van der Waals surface area (Å²) in [7, 11) is -4.69. The highest BCUT2D eigenvalue weighted by molar-refractivity contribution is 7.46. The summed E-state index contributed by atoms with van der Waals surface area (Å²) in [6.07, 6.45) is -1.61. The summed E-state index contributed by atoms with van der Waals surface area (Å²) >= 11 is 0. The molecule has 10 nitrogen and oxygen atoms in total. The van der Waals surface area contributed by atoms with Crippen molar-refractivity contribution in [1.29, 1.82) is 0 Å². The van der Waals surface area contributed by atoms with Crippen LogP contribution in [0.4, 0.5) is 0 Å². The summed E-state index contributed by atoms with van der Waals surface area (Å²) in [6, 6.07) is 1.19. The Hall–Kier alpha value is -1.29. The van der Waals surface area contributed by atoms with E-state index in [0.29, 0.717) is 0 Å². The highest BCUT2D eigenvalue weighted by atomic mass is 31.2. The van der Waals surface area contributed by atoms with E-state index in [0.717, 1.165) is 0 Å². The highest BCUT2D eigenvalue weighted by Gasteiger charge is 2.43. The zero-order chi connectivity index (χ0) is 18.1. The molecule has 136 valence electrons. The van der Waals surface area contributed by atoms with Gasteiger partial charge in [0.25, 0.3) is 5.56 Å². The number of phosphoric acid groups is 1. The molecule has 4 atom stereocenters. The fraction of sp³-hybridized carbons (Fsp3) is 0.692. The Morgan fingerprint density at radius 2 is 2.04 bits per heavy atom. The molecule has 0 spiro atoms. The molecule has 1 saturated heterocycles. The topological polar surface area (TPSA) is 140 Å². The normalized spacial score (nSPS) is 26.0. The van der Waals surface area contributed by atoms with E-state index in [4.69, 9.17) is 19.3 Å². The van der Waals surface area contributed by atoms with Crippen molar-refractivity contribution in [2.45, 2.75) is 57.8 Å². The molecule has 0 radical (unpaired) electrons. The number of aromatic amines is 1. The number of rotatable bonds is 6. The van der Waals surface area contributed by atoms with Crippen LogP contribution in [0.25, 0.3) is 0 Å². The predicted octanol–water partition coefficient (Wildman–Crippen LogP) is 0.116. The van der Waals surface area contributed by atoms with E-state index in [1.165, 1.54) is 23.8 Å². The number of hydrogen-bond donors (Lipinski definition) is 3. The van der Waals surface area contributed by atoms with Crippen LogP contribution in [-0.4, -0.2) is 43.8 Å². The Bertz CT molecular complexity index is 723. The van der Waals surface area contributed by atoms with Gasteiger partial charge in [-0.25, -0.2) is 9.36 Å². The molecule has 1 aromatic heterocycles. The van der Waals surface area contributed by atoms with Gasteiger partial charge in [-0.2, -0.15) is 0 Å². The predicted molar refractivity (Wildman–Crippen MR) is 82.4 cm³/mol. The van der Waals surface area contributed by atoms with Crippen molar-refractivity contribution in [2.24, 2.45) is 0 Å². The second-order valence-electron chi connectivity index (χ2n) is 5.83. The summed E-state index contributed by atoms with van der Waals surface area (Å²) in [4.78, 5) is 43.1. The Labute approximate surface area is 137 Å². The lowest BCUT2D eigenvalue weighted by Gasteiger charge is -2.26. The van der Waals surface area contributed by atoms with Crippen molar-refractivity contribution < 1.29 is 28.3 Å². The first kappa shape index (κ1) is 19.0. The van der Waals surface area contributed by atoms with E-state index in [-0.39, 0.29) is 12.5 Å². The average Bonchev–Trinajstić information content (AvgIpc) is 2.79. The first-order chi connectivity index (χ1) is 11.1. The second kappa shape index (κ2) is 7.30. The SMILES string of the molecule is CC(C)OC1CC(n2ccc(=O)[nH]c2=O)OC1C(C)OP(=O)(O)O. The second-order valence-corrected chi connectivity index (χ2v) is 7.02. The number of nitrogens with one attached hydrogen (secondary N) is 1. The van der Waals surface area contributed by atoms with Crippen LogP contribution in [0.5, 0.6) is 0 Å². The van der Waals surface area contributed by atoms with Crippen LogP contribution in [-0.2, 0) is 18.6 Å². The lowest BCUT2D eigenvalue weighted by atomic mass is 10.1. The summed E-state index contributed by atoms with van der Waals surface area (Å²) in [6.45, 7) is 5.08. The van der Waals surface area contributed by atoms with E-state index in [9.17, 15) is 14.2 Å². The molecule has 4 unspecified atom stereocenters. The van der Waals surface area contributed by atoms with Crippen LogP contribution in [0, 0.1) is 0 Å². The number of nitrogens with zero attached hydrogens (tertiary/aromatic N) is 1. The van der Waals surface area contributed by atoms with E-state index in [2.05, 4.69) is 9.51 Å². The third kappa shape index (κ3) is 4.85. The minimum Gasteiger partial charge on any atom is -0.373 e. The van der Waals surface area contributed by atoms with Gasteiger partial charge in [-0.1, -0.05) is 0 Å². The minimum absolute atomic E-state index is 0.158. The molecule has 2 rings (SSSR count). The third-order valence-electron chi connectivity index (χ3n) is 3.49. The van der Waals surface area contributed by atoms with Crippen LogP contribution in [0.15, 0.2) is 21.9 Å². The molecule has 1 aromatic rings. The van der Waals surface area contributed by atoms with Crippen molar-refractivity contribution in [2.75, 3.05) is 0 Å². The minimum atomic E-state index is -4.69. The Morgan fingerprint density at radius 3 is 2.58 bits per heavy atom. The molecule has 24 heavy (non-hydrogen) atoms. The van der Waals surface area contributed by atoms with Gasteiger partial charge < -0.3 is 19.3 Å².